The Balaban J connectivity index is 1.48. The van der Waals surface area contributed by atoms with Crippen molar-refractivity contribution in [3.8, 4) is 28.4 Å². The van der Waals surface area contributed by atoms with Gasteiger partial charge in [0.15, 0.2) is 0 Å². The molecule has 1 aromatic heterocycles. The summed E-state index contributed by atoms with van der Waals surface area (Å²) in [5.41, 5.74) is 3.95. The second-order valence-electron chi connectivity index (χ2n) is 8.04. The molecule has 0 bridgehead atoms. The van der Waals surface area contributed by atoms with Gasteiger partial charge in [0, 0.05) is 29.1 Å². The molecule has 0 unspecified atom stereocenters. The summed E-state index contributed by atoms with van der Waals surface area (Å²) in [4.78, 5) is 25.4. The van der Waals surface area contributed by atoms with Crippen LogP contribution >= 0.6 is 11.3 Å². The number of rotatable bonds is 10. The number of aromatic nitrogens is 1. The van der Waals surface area contributed by atoms with E-state index < -0.39 is 0 Å². The Kier molecular flexibility index (Phi) is 8.00. The summed E-state index contributed by atoms with van der Waals surface area (Å²) in [7, 11) is 3.14. The Morgan fingerprint density at radius 2 is 1.77 bits per heavy atom. The molecular formula is C28H28N2O4S. The summed E-state index contributed by atoms with van der Waals surface area (Å²) in [6, 6.07) is 23.0. The SMILES string of the molecule is COc1ccc(-n2c(-c3cccc(C(=O)NCCCCc4ccccc4)c3)csc2=O)c(OC)c1. The molecule has 1 heterocycles. The van der Waals surface area contributed by atoms with E-state index >= 15 is 0 Å². The van der Waals surface area contributed by atoms with Crippen molar-refractivity contribution in [3.05, 3.63) is 99.0 Å². The molecule has 1 N–H and O–H groups in total. The first kappa shape index (κ1) is 24.3. The smallest absolute Gasteiger partial charge is 0.312 e. The van der Waals surface area contributed by atoms with E-state index in [-0.39, 0.29) is 10.8 Å². The van der Waals surface area contributed by atoms with Gasteiger partial charge in [0.1, 0.15) is 11.5 Å². The van der Waals surface area contributed by atoms with Crippen LogP contribution in [0.1, 0.15) is 28.8 Å². The molecule has 0 aliphatic rings. The Morgan fingerprint density at radius 1 is 0.943 bits per heavy atom. The van der Waals surface area contributed by atoms with Gasteiger partial charge >= 0.3 is 4.87 Å². The lowest BCUT2D eigenvalue weighted by molar-refractivity contribution is 0.0953. The normalized spacial score (nSPS) is 10.7. The standard InChI is InChI=1S/C28H28N2O4S/c1-33-23-14-15-24(26(18-23)34-2)30-25(19-35-28(30)32)21-12-8-13-22(17-21)27(31)29-16-7-6-11-20-9-4-3-5-10-20/h3-5,8-10,12-15,17-19H,6-7,11,16H2,1-2H3,(H,29,31). The topological polar surface area (TPSA) is 69.6 Å². The van der Waals surface area contributed by atoms with Crippen LogP contribution < -0.4 is 19.7 Å². The van der Waals surface area contributed by atoms with Crippen molar-refractivity contribution in [2.45, 2.75) is 19.3 Å². The first-order chi connectivity index (χ1) is 17.1. The van der Waals surface area contributed by atoms with Crippen molar-refractivity contribution in [1.82, 2.24) is 9.88 Å². The number of unbranched alkanes of at least 4 members (excludes halogenated alkanes) is 1. The molecule has 4 rings (SSSR count). The number of nitrogens with one attached hydrogen (secondary N) is 1. The number of hydrogen-bond acceptors (Lipinski definition) is 5. The lowest BCUT2D eigenvalue weighted by Crippen LogP contribution is -2.24. The summed E-state index contributed by atoms with van der Waals surface area (Å²) in [5, 5.41) is 4.81. The van der Waals surface area contributed by atoms with Crippen molar-refractivity contribution in [2.24, 2.45) is 0 Å². The zero-order valence-electron chi connectivity index (χ0n) is 19.8. The van der Waals surface area contributed by atoms with Crippen LogP contribution in [0.2, 0.25) is 0 Å². The number of ether oxygens (including phenoxy) is 2. The Hall–Kier alpha value is -3.84. The van der Waals surface area contributed by atoms with E-state index in [9.17, 15) is 9.59 Å². The zero-order chi connectivity index (χ0) is 24.6. The fourth-order valence-electron chi connectivity index (χ4n) is 3.93. The van der Waals surface area contributed by atoms with Gasteiger partial charge in [0.05, 0.1) is 25.6 Å². The molecule has 3 aromatic carbocycles. The van der Waals surface area contributed by atoms with Crippen LogP contribution in [0.4, 0.5) is 0 Å². The van der Waals surface area contributed by atoms with Gasteiger partial charge in [-0.1, -0.05) is 53.8 Å². The average Bonchev–Trinajstić information content (AvgIpc) is 3.29. The van der Waals surface area contributed by atoms with Crippen molar-refractivity contribution in [3.63, 3.8) is 0 Å². The molecule has 0 aliphatic heterocycles. The minimum atomic E-state index is -0.142. The molecule has 1 amide bonds. The quantitative estimate of drug-likeness (QED) is 0.306. The first-order valence-corrected chi connectivity index (χ1v) is 12.3. The predicted octanol–water partition coefficient (Wildman–Crippen LogP) is 5.34. The van der Waals surface area contributed by atoms with E-state index in [1.165, 1.54) is 5.56 Å². The molecule has 35 heavy (non-hydrogen) atoms. The van der Waals surface area contributed by atoms with Gasteiger partial charge in [-0.2, -0.15) is 0 Å². The van der Waals surface area contributed by atoms with Crippen LogP contribution in [0.3, 0.4) is 0 Å². The monoisotopic (exact) mass is 488 g/mol. The minimum absolute atomic E-state index is 0.127. The van der Waals surface area contributed by atoms with Gasteiger partial charge in [-0.3, -0.25) is 14.2 Å². The third-order valence-corrected chi connectivity index (χ3v) is 6.49. The van der Waals surface area contributed by atoms with E-state index in [4.69, 9.17) is 9.47 Å². The summed E-state index contributed by atoms with van der Waals surface area (Å²) in [6.07, 6.45) is 2.91. The van der Waals surface area contributed by atoms with Crippen molar-refractivity contribution < 1.29 is 14.3 Å². The van der Waals surface area contributed by atoms with Gasteiger partial charge in [-0.25, -0.2) is 0 Å². The summed E-state index contributed by atoms with van der Waals surface area (Å²) in [6.45, 7) is 0.613. The Morgan fingerprint density at radius 3 is 2.54 bits per heavy atom. The number of carbonyl (C=O) groups is 1. The lowest BCUT2D eigenvalue weighted by atomic mass is 10.1. The maximum Gasteiger partial charge on any atom is 0.312 e. The highest BCUT2D eigenvalue weighted by atomic mass is 32.1. The average molecular weight is 489 g/mol. The molecule has 0 radical (unpaired) electrons. The summed E-state index contributed by atoms with van der Waals surface area (Å²) >= 11 is 1.10. The number of amides is 1. The van der Waals surface area contributed by atoms with E-state index in [0.717, 1.165) is 36.2 Å². The molecule has 0 saturated carbocycles. The fraction of sp³-hybridized carbons (Fsp3) is 0.214. The number of benzene rings is 3. The molecule has 180 valence electrons. The van der Waals surface area contributed by atoms with Gasteiger partial charge in [0.25, 0.3) is 5.91 Å². The van der Waals surface area contributed by atoms with E-state index in [2.05, 4.69) is 17.4 Å². The van der Waals surface area contributed by atoms with E-state index in [1.54, 1.807) is 48.4 Å². The molecule has 4 aromatic rings. The second kappa shape index (κ2) is 11.5. The molecular weight excluding hydrogens is 460 g/mol. The number of methoxy groups -OCH3 is 2. The molecule has 0 fully saturated rings. The van der Waals surface area contributed by atoms with Crippen molar-refractivity contribution in [1.29, 1.82) is 0 Å². The number of hydrogen-bond donors (Lipinski definition) is 1. The molecule has 7 heteroatoms. The Bertz CT molecular complexity index is 1340. The number of nitrogens with zero attached hydrogens (tertiary/aromatic N) is 1. The van der Waals surface area contributed by atoms with Crippen LogP contribution in [0.25, 0.3) is 16.9 Å². The van der Waals surface area contributed by atoms with Gasteiger partial charge in [-0.15, -0.1) is 0 Å². The van der Waals surface area contributed by atoms with Crippen LogP contribution in [0.5, 0.6) is 11.5 Å². The van der Waals surface area contributed by atoms with Crippen molar-refractivity contribution in [2.75, 3.05) is 20.8 Å². The largest absolute Gasteiger partial charge is 0.497 e. The lowest BCUT2D eigenvalue weighted by Gasteiger charge is -2.14. The second-order valence-corrected chi connectivity index (χ2v) is 8.86. The summed E-state index contributed by atoms with van der Waals surface area (Å²) in [5.74, 6) is 1.03. The molecule has 0 atom stereocenters. The van der Waals surface area contributed by atoms with Crippen LogP contribution in [0, 0.1) is 0 Å². The van der Waals surface area contributed by atoms with Crippen LogP contribution in [-0.2, 0) is 6.42 Å². The Labute approximate surface area is 208 Å². The molecule has 0 saturated heterocycles. The zero-order valence-corrected chi connectivity index (χ0v) is 20.6. The maximum atomic E-state index is 12.8. The maximum absolute atomic E-state index is 12.8. The van der Waals surface area contributed by atoms with Crippen LogP contribution in [0.15, 0.2) is 83.0 Å². The summed E-state index contributed by atoms with van der Waals surface area (Å²) < 4.78 is 12.4. The molecule has 0 aliphatic carbocycles. The third kappa shape index (κ3) is 5.81. The fourth-order valence-corrected chi connectivity index (χ4v) is 4.68. The van der Waals surface area contributed by atoms with E-state index in [1.807, 2.05) is 36.4 Å². The molecule has 0 spiro atoms. The highest BCUT2D eigenvalue weighted by Crippen LogP contribution is 2.31. The minimum Gasteiger partial charge on any atom is -0.497 e. The van der Waals surface area contributed by atoms with Gasteiger partial charge in [-0.05, 0) is 49.1 Å². The van der Waals surface area contributed by atoms with Crippen molar-refractivity contribution >= 4 is 17.2 Å². The highest BCUT2D eigenvalue weighted by Gasteiger charge is 2.17. The predicted molar refractivity (Wildman–Crippen MR) is 140 cm³/mol. The van der Waals surface area contributed by atoms with Crippen LogP contribution in [-0.4, -0.2) is 31.2 Å². The number of thiazole rings is 1. The number of carbonyl (C=O) groups excluding carboxylic acids is 1. The molecule has 6 nitrogen and oxygen atoms in total. The van der Waals surface area contributed by atoms with E-state index in [0.29, 0.717) is 35.0 Å². The van der Waals surface area contributed by atoms with Gasteiger partial charge < -0.3 is 14.8 Å². The van der Waals surface area contributed by atoms with Gasteiger partial charge in [0.2, 0.25) is 0 Å². The third-order valence-electron chi connectivity index (χ3n) is 5.76. The first-order valence-electron chi connectivity index (χ1n) is 11.5. The number of aryl methyl sites for hydroxylation is 1. The highest BCUT2D eigenvalue weighted by molar-refractivity contribution is 7.07.